The molecule has 2 N–H and O–H groups in total. The number of rotatable bonds is 7. The van der Waals surface area contributed by atoms with E-state index >= 15 is 0 Å². The summed E-state index contributed by atoms with van der Waals surface area (Å²) in [6, 6.07) is 5.02. The van der Waals surface area contributed by atoms with Gasteiger partial charge in [0.15, 0.2) is 0 Å². The molecule has 1 aromatic rings. The summed E-state index contributed by atoms with van der Waals surface area (Å²) in [5.41, 5.74) is 0.745. The van der Waals surface area contributed by atoms with Crippen LogP contribution in [0.5, 0.6) is 11.5 Å². The van der Waals surface area contributed by atoms with Crippen LogP contribution in [0, 0.1) is 0 Å². The zero-order valence-corrected chi connectivity index (χ0v) is 10.9. The van der Waals surface area contributed by atoms with E-state index in [9.17, 15) is 10.2 Å². The first-order valence-corrected chi connectivity index (χ1v) is 6.71. The lowest BCUT2D eigenvalue weighted by Gasteiger charge is -2.19. The maximum Gasteiger partial charge on any atom is 0.122 e. The van der Waals surface area contributed by atoms with Gasteiger partial charge in [-0.25, -0.2) is 0 Å². The smallest absolute Gasteiger partial charge is 0.122 e. The van der Waals surface area contributed by atoms with Crippen LogP contribution >= 0.6 is 0 Å². The largest absolute Gasteiger partial charge is 0.508 e. The van der Waals surface area contributed by atoms with Crippen LogP contribution < -0.4 is 0 Å². The summed E-state index contributed by atoms with van der Waals surface area (Å²) in [5, 5.41) is 19.8. The van der Waals surface area contributed by atoms with E-state index in [0.717, 1.165) is 44.1 Å². The van der Waals surface area contributed by atoms with Gasteiger partial charge in [0.2, 0.25) is 0 Å². The molecule has 0 bridgehead atoms. The van der Waals surface area contributed by atoms with Gasteiger partial charge in [0.25, 0.3) is 0 Å². The molecule has 0 amide bonds. The van der Waals surface area contributed by atoms with E-state index in [0.29, 0.717) is 0 Å². The van der Waals surface area contributed by atoms with Gasteiger partial charge in [-0.2, -0.15) is 0 Å². The molecule has 0 aliphatic heterocycles. The first kappa shape index (κ1) is 13.9. The van der Waals surface area contributed by atoms with Gasteiger partial charge >= 0.3 is 0 Å². The van der Waals surface area contributed by atoms with Crippen molar-refractivity contribution >= 4 is 0 Å². The normalized spacial score (nSPS) is 11.0. The van der Waals surface area contributed by atoms with Gasteiger partial charge < -0.3 is 10.2 Å². The Kier molecular flexibility index (Phi) is 5.88. The molecule has 2 heteroatoms. The number of phenolic OH excluding ortho intramolecular Hbond substituents is 2. The van der Waals surface area contributed by atoms with Crippen molar-refractivity contribution in [2.75, 3.05) is 0 Å². The maximum absolute atomic E-state index is 9.90. The fourth-order valence-corrected chi connectivity index (χ4v) is 2.29. The highest BCUT2D eigenvalue weighted by Gasteiger charge is 2.18. The quantitative estimate of drug-likeness (QED) is 0.728. The van der Waals surface area contributed by atoms with Crippen molar-refractivity contribution in [1.29, 1.82) is 0 Å². The monoisotopic (exact) mass is 236 g/mol. The molecule has 1 aromatic carbocycles. The predicted octanol–water partition coefficient (Wildman–Crippen LogP) is 4.56. The molecule has 0 fully saturated rings. The van der Waals surface area contributed by atoms with E-state index in [1.165, 1.54) is 0 Å². The number of aromatic hydroxyl groups is 2. The van der Waals surface area contributed by atoms with Crippen LogP contribution in [0.15, 0.2) is 18.2 Å². The van der Waals surface area contributed by atoms with Crippen molar-refractivity contribution in [2.24, 2.45) is 0 Å². The molecule has 17 heavy (non-hydrogen) atoms. The fraction of sp³-hybridized carbons (Fsp3) is 0.600. The third-order valence-corrected chi connectivity index (χ3v) is 3.28. The molecular weight excluding hydrogens is 212 g/mol. The second-order valence-electron chi connectivity index (χ2n) is 4.69. The predicted molar refractivity (Wildman–Crippen MR) is 71.6 cm³/mol. The summed E-state index contributed by atoms with van der Waals surface area (Å²) in [6.45, 7) is 4.34. The third-order valence-electron chi connectivity index (χ3n) is 3.28. The minimum atomic E-state index is 0.238. The lowest BCUT2D eigenvalue weighted by Crippen LogP contribution is -2.00. The number of benzene rings is 1. The Hall–Kier alpha value is -1.18. The van der Waals surface area contributed by atoms with E-state index in [1.807, 2.05) is 0 Å². The second kappa shape index (κ2) is 7.21. The Morgan fingerprint density at radius 3 is 1.82 bits per heavy atom. The summed E-state index contributed by atoms with van der Waals surface area (Å²) in [5.74, 6) is 0.764. The summed E-state index contributed by atoms with van der Waals surface area (Å²) in [7, 11) is 0. The molecule has 0 saturated heterocycles. The summed E-state index contributed by atoms with van der Waals surface area (Å²) < 4.78 is 0. The summed E-state index contributed by atoms with van der Waals surface area (Å²) >= 11 is 0. The first-order valence-electron chi connectivity index (χ1n) is 6.71. The lowest BCUT2D eigenvalue weighted by molar-refractivity contribution is 0.412. The molecule has 0 spiro atoms. The maximum atomic E-state index is 9.90. The molecule has 0 aliphatic rings. The topological polar surface area (TPSA) is 40.5 Å². The van der Waals surface area contributed by atoms with Crippen LogP contribution in [0.4, 0.5) is 0 Å². The molecule has 0 saturated carbocycles. The SMILES string of the molecule is CCCCC(CCCC)c1c(O)cccc1O. The zero-order valence-electron chi connectivity index (χ0n) is 10.9. The van der Waals surface area contributed by atoms with E-state index in [1.54, 1.807) is 18.2 Å². The van der Waals surface area contributed by atoms with Crippen LogP contribution in [-0.4, -0.2) is 10.2 Å². The van der Waals surface area contributed by atoms with E-state index in [2.05, 4.69) is 13.8 Å². The van der Waals surface area contributed by atoms with Crippen LogP contribution in [0.25, 0.3) is 0 Å². The van der Waals surface area contributed by atoms with Crippen molar-refractivity contribution < 1.29 is 10.2 Å². The molecular formula is C15H24O2. The standard InChI is InChI=1S/C15H24O2/c1-3-5-8-12(9-6-4-2)15-13(16)10-7-11-14(15)17/h7,10-12,16-17H,3-6,8-9H2,1-2H3. The van der Waals surface area contributed by atoms with Crippen molar-refractivity contribution in [2.45, 2.75) is 58.3 Å². The number of hydrogen-bond acceptors (Lipinski definition) is 2. The Balaban J connectivity index is 2.86. The van der Waals surface area contributed by atoms with E-state index in [-0.39, 0.29) is 17.4 Å². The minimum Gasteiger partial charge on any atom is -0.508 e. The molecule has 0 unspecified atom stereocenters. The number of hydrogen-bond donors (Lipinski definition) is 2. The van der Waals surface area contributed by atoms with Gasteiger partial charge in [-0.15, -0.1) is 0 Å². The van der Waals surface area contributed by atoms with Crippen molar-refractivity contribution in [1.82, 2.24) is 0 Å². The number of phenols is 2. The summed E-state index contributed by atoms with van der Waals surface area (Å²) in [6.07, 6.45) is 6.67. The highest BCUT2D eigenvalue weighted by molar-refractivity contribution is 5.45. The Bertz CT molecular complexity index is 305. The Morgan fingerprint density at radius 1 is 0.941 bits per heavy atom. The molecule has 0 radical (unpaired) electrons. The van der Waals surface area contributed by atoms with Gasteiger partial charge in [0, 0.05) is 5.56 Å². The van der Waals surface area contributed by atoms with E-state index < -0.39 is 0 Å². The van der Waals surface area contributed by atoms with Gasteiger partial charge in [-0.1, -0.05) is 45.6 Å². The van der Waals surface area contributed by atoms with Crippen LogP contribution in [0.3, 0.4) is 0 Å². The Morgan fingerprint density at radius 2 is 1.41 bits per heavy atom. The molecule has 0 aromatic heterocycles. The van der Waals surface area contributed by atoms with Crippen LogP contribution in [0.1, 0.15) is 63.9 Å². The first-order chi connectivity index (χ1) is 8.20. The fourth-order valence-electron chi connectivity index (χ4n) is 2.29. The van der Waals surface area contributed by atoms with Gasteiger partial charge in [-0.05, 0) is 30.9 Å². The van der Waals surface area contributed by atoms with Gasteiger partial charge in [-0.3, -0.25) is 0 Å². The summed E-state index contributed by atoms with van der Waals surface area (Å²) in [4.78, 5) is 0. The van der Waals surface area contributed by atoms with Gasteiger partial charge in [0.1, 0.15) is 11.5 Å². The molecule has 1 rings (SSSR count). The average molecular weight is 236 g/mol. The molecule has 0 heterocycles. The van der Waals surface area contributed by atoms with Crippen molar-refractivity contribution in [3.05, 3.63) is 23.8 Å². The van der Waals surface area contributed by atoms with E-state index in [4.69, 9.17) is 0 Å². The molecule has 96 valence electrons. The second-order valence-corrected chi connectivity index (χ2v) is 4.69. The third kappa shape index (κ3) is 3.95. The molecule has 0 atom stereocenters. The van der Waals surface area contributed by atoms with Crippen LogP contribution in [-0.2, 0) is 0 Å². The highest BCUT2D eigenvalue weighted by Crippen LogP contribution is 2.39. The van der Waals surface area contributed by atoms with Gasteiger partial charge in [0.05, 0.1) is 0 Å². The number of unbranched alkanes of at least 4 members (excludes halogenated alkanes) is 2. The zero-order chi connectivity index (χ0) is 12.7. The van der Waals surface area contributed by atoms with Crippen molar-refractivity contribution in [3.63, 3.8) is 0 Å². The molecule has 2 nitrogen and oxygen atoms in total. The average Bonchev–Trinajstić information content (AvgIpc) is 2.31. The van der Waals surface area contributed by atoms with Crippen molar-refractivity contribution in [3.8, 4) is 11.5 Å². The lowest BCUT2D eigenvalue weighted by atomic mass is 9.88. The van der Waals surface area contributed by atoms with Crippen LogP contribution in [0.2, 0.25) is 0 Å². The molecule has 0 aliphatic carbocycles. The minimum absolute atomic E-state index is 0.238. The Labute approximate surface area is 104 Å². The highest BCUT2D eigenvalue weighted by atomic mass is 16.3.